The van der Waals surface area contributed by atoms with E-state index in [4.69, 9.17) is 19.2 Å². The summed E-state index contributed by atoms with van der Waals surface area (Å²) in [4.78, 5) is 5.36. The predicted molar refractivity (Wildman–Crippen MR) is 81.9 cm³/mol. The molecule has 0 aliphatic carbocycles. The topological polar surface area (TPSA) is 68.3 Å². The number of oxazole rings is 1. The van der Waals surface area contributed by atoms with Crippen molar-refractivity contribution in [1.82, 2.24) is 4.98 Å². The van der Waals surface area contributed by atoms with Gasteiger partial charge < -0.3 is 13.9 Å². The van der Waals surface area contributed by atoms with E-state index >= 15 is 0 Å². The van der Waals surface area contributed by atoms with E-state index in [1.165, 1.54) is 7.11 Å². The number of benzene rings is 1. The third kappa shape index (κ3) is 2.95. The van der Waals surface area contributed by atoms with Crippen LogP contribution >= 0.6 is 11.3 Å². The van der Waals surface area contributed by atoms with Gasteiger partial charge >= 0.3 is 0 Å². The fourth-order valence-corrected chi connectivity index (χ4v) is 2.55. The van der Waals surface area contributed by atoms with E-state index in [-0.39, 0.29) is 6.61 Å². The molecule has 5 nitrogen and oxygen atoms in total. The van der Waals surface area contributed by atoms with Gasteiger partial charge in [0.1, 0.15) is 18.6 Å². The Labute approximate surface area is 131 Å². The van der Waals surface area contributed by atoms with Crippen molar-refractivity contribution in [3.8, 4) is 28.3 Å². The van der Waals surface area contributed by atoms with Crippen LogP contribution in [0.15, 0.2) is 46.4 Å². The first-order valence-electron chi connectivity index (χ1n) is 6.49. The maximum atomic E-state index is 8.88. The van der Waals surface area contributed by atoms with Crippen LogP contribution in [-0.2, 0) is 6.61 Å². The molecule has 0 aliphatic rings. The van der Waals surface area contributed by atoms with Crippen molar-refractivity contribution in [2.45, 2.75) is 6.61 Å². The number of aromatic nitrogens is 1. The zero-order chi connectivity index (χ0) is 15.4. The molecule has 22 heavy (non-hydrogen) atoms. The molecular formula is C16H12N2O3S. The molecule has 0 radical (unpaired) electrons. The van der Waals surface area contributed by atoms with Crippen LogP contribution in [0.4, 0.5) is 0 Å². The van der Waals surface area contributed by atoms with E-state index in [0.717, 1.165) is 4.88 Å². The first-order chi connectivity index (χ1) is 10.8. The Morgan fingerprint density at radius 1 is 1.32 bits per heavy atom. The molecule has 3 rings (SSSR count). The van der Waals surface area contributed by atoms with Crippen molar-refractivity contribution in [1.29, 1.82) is 5.26 Å². The Morgan fingerprint density at radius 3 is 2.95 bits per heavy atom. The quantitative estimate of drug-likeness (QED) is 0.715. The third-order valence-corrected chi connectivity index (χ3v) is 3.81. The summed E-state index contributed by atoms with van der Waals surface area (Å²) in [6.45, 7) is 0.261. The Hall–Kier alpha value is -2.78. The van der Waals surface area contributed by atoms with Crippen LogP contribution < -0.4 is 9.47 Å². The fraction of sp³-hybridized carbons (Fsp3) is 0.125. The van der Waals surface area contributed by atoms with Gasteiger partial charge in [0.15, 0.2) is 11.5 Å². The Balaban J connectivity index is 1.72. The van der Waals surface area contributed by atoms with Gasteiger partial charge in [-0.25, -0.2) is 4.98 Å². The van der Waals surface area contributed by atoms with Gasteiger partial charge in [-0.05, 0) is 23.6 Å². The van der Waals surface area contributed by atoms with Crippen LogP contribution in [0, 0.1) is 11.3 Å². The molecule has 0 fully saturated rings. The third-order valence-electron chi connectivity index (χ3n) is 2.95. The average molecular weight is 312 g/mol. The van der Waals surface area contributed by atoms with Crippen molar-refractivity contribution in [2.75, 3.05) is 7.11 Å². The van der Waals surface area contributed by atoms with Gasteiger partial charge in [0, 0.05) is 6.07 Å². The number of hydrogen-bond donors (Lipinski definition) is 0. The van der Waals surface area contributed by atoms with Crippen molar-refractivity contribution in [3.63, 3.8) is 0 Å². The van der Waals surface area contributed by atoms with Crippen molar-refractivity contribution < 1.29 is 13.9 Å². The lowest BCUT2D eigenvalue weighted by Gasteiger charge is -2.09. The molecule has 0 N–H and O–H groups in total. The lowest BCUT2D eigenvalue weighted by molar-refractivity contribution is 0.280. The SMILES string of the molecule is COc1cc(C#N)ccc1OCc1coc(-c2cccs2)n1. The van der Waals surface area contributed by atoms with Crippen LogP contribution in [0.2, 0.25) is 0 Å². The van der Waals surface area contributed by atoms with Crippen LogP contribution in [0.5, 0.6) is 11.5 Å². The standard InChI is InChI=1S/C16H12N2O3S/c1-19-14-7-11(8-17)4-5-13(14)20-9-12-10-21-16(18-12)15-3-2-6-22-15/h2-7,10H,9H2,1H3. The smallest absolute Gasteiger partial charge is 0.236 e. The van der Waals surface area contributed by atoms with Crippen LogP contribution in [0.1, 0.15) is 11.3 Å². The molecule has 0 unspecified atom stereocenters. The molecule has 0 bridgehead atoms. The fourth-order valence-electron chi connectivity index (χ4n) is 1.89. The largest absolute Gasteiger partial charge is 0.493 e. The van der Waals surface area contributed by atoms with Gasteiger partial charge in [0.2, 0.25) is 5.89 Å². The van der Waals surface area contributed by atoms with E-state index in [0.29, 0.717) is 28.6 Å². The summed E-state index contributed by atoms with van der Waals surface area (Å²) in [6.07, 6.45) is 1.57. The van der Waals surface area contributed by atoms with E-state index in [9.17, 15) is 0 Å². The van der Waals surface area contributed by atoms with Gasteiger partial charge in [0.05, 0.1) is 23.6 Å². The molecule has 6 heteroatoms. The molecule has 0 saturated heterocycles. The minimum Gasteiger partial charge on any atom is -0.493 e. The molecule has 0 atom stereocenters. The normalized spacial score (nSPS) is 10.2. The second-order valence-electron chi connectivity index (χ2n) is 4.39. The molecule has 3 aromatic rings. The van der Waals surface area contributed by atoms with Gasteiger partial charge in [-0.1, -0.05) is 6.07 Å². The Bertz CT molecular complexity index is 803. The minimum atomic E-state index is 0.261. The number of hydrogen-bond acceptors (Lipinski definition) is 6. The molecule has 0 amide bonds. The number of ether oxygens (including phenoxy) is 2. The number of thiophene rings is 1. The van der Waals surface area contributed by atoms with E-state index in [1.54, 1.807) is 35.8 Å². The van der Waals surface area contributed by atoms with E-state index < -0.39 is 0 Å². The highest BCUT2D eigenvalue weighted by Crippen LogP contribution is 2.29. The molecule has 2 aromatic heterocycles. The lowest BCUT2D eigenvalue weighted by atomic mass is 10.2. The Morgan fingerprint density at radius 2 is 2.23 bits per heavy atom. The number of methoxy groups -OCH3 is 1. The summed E-state index contributed by atoms with van der Waals surface area (Å²) in [5.41, 5.74) is 1.21. The monoisotopic (exact) mass is 312 g/mol. The van der Waals surface area contributed by atoms with Gasteiger partial charge in [-0.2, -0.15) is 5.26 Å². The van der Waals surface area contributed by atoms with Crippen LogP contribution in [0.25, 0.3) is 10.8 Å². The van der Waals surface area contributed by atoms with Crippen molar-refractivity contribution in [2.24, 2.45) is 0 Å². The summed E-state index contributed by atoms with van der Waals surface area (Å²) >= 11 is 1.57. The highest BCUT2D eigenvalue weighted by Gasteiger charge is 2.10. The molecule has 2 heterocycles. The van der Waals surface area contributed by atoms with E-state index in [1.807, 2.05) is 17.5 Å². The molecule has 110 valence electrons. The van der Waals surface area contributed by atoms with Crippen LogP contribution in [0.3, 0.4) is 0 Å². The summed E-state index contributed by atoms with van der Waals surface area (Å²) in [5.74, 6) is 1.66. The second kappa shape index (κ2) is 6.33. The predicted octanol–water partition coefficient (Wildman–Crippen LogP) is 3.86. The number of nitrogens with zero attached hydrogens (tertiary/aromatic N) is 2. The summed E-state index contributed by atoms with van der Waals surface area (Å²) in [5, 5.41) is 10.9. The maximum Gasteiger partial charge on any atom is 0.236 e. The number of nitriles is 1. The van der Waals surface area contributed by atoms with Crippen molar-refractivity contribution in [3.05, 3.63) is 53.2 Å². The summed E-state index contributed by atoms with van der Waals surface area (Å²) < 4.78 is 16.3. The first kappa shape index (κ1) is 14.2. The average Bonchev–Trinajstić information content (AvgIpc) is 3.23. The maximum absolute atomic E-state index is 8.88. The van der Waals surface area contributed by atoms with Gasteiger partial charge in [-0.3, -0.25) is 0 Å². The highest BCUT2D eigenvalue weighted by atomic mass is 32.1. The van der Waals surface area contributed by atoms with Crippen molar-refractivity contribution >= 4 is 11.3 Å². The zero-order valence-corrected chi connectivity index (χ0v) is 12.6. The van der Waals surface area contributed by atoms with Crippen LogP contribution in [-0.4, -0.2) is 12.1 Å². The first-order valence-corrected chi connectivity index (χ1v) is 7.37. The van der Waals surface area contributed by atoms with Gasteiger partial charge in [0.25, 0.3) is 0 Å². The molecule has 0 spiro atoms. The minimum absolute atomic E-state index is 0.261. The molecular weight excluding hydrogens is 300 g/mol. The Kier molecular flexibility index (Phi) is 4.08. The van der Waals surface area contributed by atoms with Gasteiger partial charge in [-0.15, -0.1) is 11.3 Å². The molecule has 0 saturated carbocycles. The molecule has 1 aromatic carbocycles. The number of rotatable bonds is 5. The summed E-state index contributed by atoms with van der Waals surface area (Å²) in [6, 6.07) is 11.0. The second-order valence-corrected chi connectivity index (χ2v) is 5.34. The van der Waals surface area contributed by atoms with E-state index in [2.05, 4.69) is 11.1 Å². The molecule has 0 aliphatic heterocycles. The lowest BCUT2D eigenvalue weighted by Crippen LogP contribution is -1.98. The summed E-state index contributed by atoms with van der Waals surface area (Å²) in [7, 11) is 1.54. The zero-order valence-electron chi connectivity index (χ0n) is 11.8. The highest BCUT2D eigenvalue weighted by molar-refractivity contribution is 7.13.